The number of rotatable bonds is 7. The Labute approximate surface area is 85.0 Å². The van der Waals surface area contributed by atoms with E-state index in [1.54, 1.807) is 0 Å². The Hall–Kier alpha value is -0.640. The molecule has 0 saturated carbocycles. The van der Waals surface area contributed by atoms with Crippen LogP contribution < -0.4 is 5.32 Å². The van der Waals surface area contributed by atoms with E-state index in [0.717, 1.165) is 6.42 Å². The molecule has 1 unspecified atom stereocenters. The summed E-state index contributed by atoms with van der Waals surface area (Å²) in [7, 11) is 1.37. The van der Waals surface area contributed by atoms with Gasteiger partial charge in [0.15, 0.2) is 0 Å². The predicted octanol–water partition coefficient (Wildman–Crippen LogP) is 1.52. The second kappa shape index (κ2) is 7.74. The van der Waals surface area contributed by atoms with Crippen LogP contribution in [0, 0.1) is 5.92 Å². The quantitative estimate of drug-likeness (QED) is 0.506. The zero-order valence-corrected chi connectivity index (χ0v) is 9.18. The molecule has 0 amide bonds. The lowest BCUT2D eigenvalue weighted by molar-refractivity contribution is -0.143. The van der Waals surface area contributed by atoms with Gasteiger partial charge in [0.05, 0.1) is 13.8 Å². The highest BCUT2D eigenvalue weighted by molar-refractivity contribution is 5.75. The fourth-order valence-electron chi connectivity index (χ4n) is 1.22. The van der Waals surface area contributed by atoms with E-state index in [9.17, 15) is 9.18 Å². The molecule has 0 bridgehead atoms. The number of carbonyl (C=O) groups is 1. The van der Waals surface area contributed by atoms with E-state index in [1.807, 2.05) is 13.8 Å². The monoisotopic (exact) mass is 205 g/mol. The number of nitrogens with one attached hydrogen (secondary N) is 1. The van der Waals surface area contributed by atoms with Crippen molar-refractivity contribution in [2.75, 3.05) is 20.3 Å². The van der Waals surface area contributed by atoms with E-state index in [4.69, 9.17) is 0 Å². The molecule has 0 fully saturated rings. The van der Waals surface area contributed by atoms with Gasteiger partial charge in [-0.05, 0) is 25.3 Å². The fourth-order valence-corrected chi connectivity index (χ4v) is 1.22. The molecule has 4 heteroatoms. The molecule has 0 aliphatic carbocycles. The van der Waals surface area contributed by atoms with E-state index in [-0.39, 0.29) is 18.7 Å². The Morgan fingerprint density at radius 1 is 1.50 bits per heavy atom. The van der Waals surface area contributed by atoms with Gasteiger partial charge < -0.3 is 10.1 Å². The third-order valence-electron chi connectivity index (χ3n) is 1.89. The molecule has 3 nitrogen and oxygen atoms in total. The van der Waals surface area contributed by atoms with Gasteiger partial charge in [0.1, 0.15) is 6.04 Å². The molecule has 0 heterocycles. The first kappa shape index (κ1) is 13.4. The largest absolute Gasteiger partial charge is 0.468 e. The highest BCUT2D eigenvalue weighted by Crippen LogP contribution is 2.06. The summed E-state index contributed by atoms with van der Waals surface area (Å²) in [5.41, 5.74) is 0. The minimum atomic E-state index is -0.359. The van der Waals surface area contributed by atoms with Crippen LogP contribution in [0.2, 0.25) is 0 Å². The Bertz CT molecular complexity index is 162. The van der Waals surface area contributed by atoms with Crippen molar-refractivity contribution in [2.45, 2.75) is 32.7 Å². The van der Waals surface area contributed by atoms with Crippen molar-refractivity contribution in [3.8, 4) is 0 Å². The van der Waals surface area contributed by atoms with Crippen molar-refractivity contribution >= 4 is 5.97 Å². The molecule has 1 atom stereocenters. The SMILES string of the molecule is COC(=O)C(CC(C)C)NCCCF. The van der Waals surface area contributed by atoms with Crippen LogP contribution in [0.3, 0.4) is 0 Å². The first-order valence-electron chi connectivity index (χ1n) is 4.99. The van der Waals surface area contributed by atoms with Crippen molar-refractivity contribution in [3.05, 3.63) is 0 Å². The Morgan fingerprint density at radius 2 is 2.14 bits per heavy atom. The predicted molar refractivity (Wildman–Crippen MR) is 53.9 cm³/mol. The molecule has 0 saturated heterocycles. The molecule has 0 aromatic heterocycles. The Balaban J connectivity index is 3.91. The molecular weight excluding hydrogens is 185 g/mol. The third-order valence-corrected chi connectivity index (χ3v) is 1.89. The summed E-state index contributed by atoms with van der Waals surface area (Å²) >= 11 is 0. The Morgan fingerprint density at radius 3 is 2.57 bits per heavy atom. The van der Waals surface area contributed by atoms with Crippen LogP contribution in [0.1, 0.15) is 26.7 Å². The van der Waals surface area contributed by atoms with Crippen molar-refractivity contribution in [3.63, 3.8) is 0 Å². The van der Waals surface area contributed by atoms with Crippen molar-refractivity contribution in [2.24, 2.45) is 5.92 Å². The molecule has 0 spiro atoms. The van der Waals surface area contributed by atoms with Crippen LogP contribution in [0.5, 0.6) is 0 Å². The first-order chi connectivity index (χ1) is 6.61. The van der Waals surface area contributed by atoms with E-state index < -0.39 is 0 Å². The molecule has 84 valence electrons. The highest BCUT2D eigenvalue weighted by atomic mass is 19.1. The standard InChI is InChI=1S/C10H20FNO2/c1-8(2)7-9(10(13)14-3)12-6-4-5-11/h8-9,12H,4-7H2,1-3H3. The van der Waals surface area contributed by atoms with Crippen LogP contribution in [-0.2, 0) is 9.53 Å². The number of methoxy groups -OCH3 is 1. The van der Waals surface area contributed by atoms with Crippen LogP contribution in [0.25, 0.3) is 0 Å². The van der Waals surface area contributed by atoms with Crippen molar-refractivity contribution in [1.82, 2.24) is 5.32 Å². The van der Waals surface area contributed by atoms with Gasteiger partial charge >= 0.3 is 5.97 Å². The van der Waals surface area contributed by atoms with E-state index >= 15 is 0 Å². The molecule has 0 aliphatic rings. The van der Waals surface area contributed by atoms with Gasteiger partial charge in [0, 0.05) is 0 Å². The minimum Gasteiger partial charge on any atom is -0.468 e. The average molecular weight is 205 g/mol. The lowest BCUT2D eigenvalue weighted by Crippen LogP contribution is -2.39. The smallest absolute Gasteiger partial charge is 0.322 e. The number of hydrogen-bond donors (Lipinski definition) is 1. The van der Waals surface area contributed by atoms with Crippen LogP contribution in [0.4, 0.5) is 4.39 Å². The van der Waals surface area contributed by atoms with Gasteiger partial charge in [0.2, 0.25) is 0 Å². The number of carbonyl (C=O) groups excluding carboxylic acids is 1. The lowest BCUT2D eigenvalue weighted by atomic mass is 10.0. The van der Waals surface area contributed by atoms with E-state index in [1.165, 1.54) is 7.11 Å². The molecule has 14 heavy (non-hydrogen) atoms. The van der Waals surface area contributed by atoms with Crippen molar-refractivity contribution in [1.29, 1.82) is 0 Å². The van der Waals surface area contributed by atoms with Gasteiger partial charge in [0.25, 0.3) is 0 Å². The summed E-state index contributed by atoms with van der Waals surface area (Å²) in [4.78, 5) is 11.3. The van der Waals surface area contributed by atoms with Gasteiger partial charge in [-0.1, -0.05) is 13.8 Å². The number of hydrogen-bond acceptors (Lipinski definition) is 3. The average Bonchev–Trinajstić information content (AvgIpc) is 2.15. The zero-order valence-electron chi connectivity index (χ0n) is 9.18. The number of ether oxygens (including phenoxy) is 1. The molecule has 0 aromatic carbocycles. The van der Waals surface area contributed by atoms with Gasteiger partial charge in [-0.25, -0.2) is 0 Å². The minimum absolute atomic E-state index is 0.266. The van der Waals surface area contributed by atoms with Gasteiger partial charge in [-0.2, -0.15) is 0 Å². The summed E-state index contributed by atoms with van der Waals surface area (Å²) in [6, 6.07) is -0.299. The second-order valence-corrected chi connectivity index (χ2v) is 3.70. The maximum atomic E-state index is 11.8. The number of halogens is 1. The maximum absolute atomic E-state index is 11.8. The molecule has 0 aliphatic heterocycles. The van der Waals surface area contributed by atoms with E-state index in [2.05, 4.69) is 10.1 Å². The van der Waals surface area contributed by atoms with Crippen LogP contribution >= 0.6 is 0 Å². The third kappa shape index (κ3) is 5.91. The summed E-state index contributed by atoms with van der Waals surface area (Å²) in [5, 5.41) is 2.99. The van der Waals surface area contributed by atoms with Crippen LogP contribution in [0.15, 0.2) is 0 Å². The fraction of sp³-hybridized carbons (Fsp3) is 0.900. The second-order valence-electron chi connectivity index (χ2n) is 3.70. The van der Waals surface area contributed by atoms with E-state index in [0.29, 0.717) is 18.9 Å². The summed E-state index contributed by atoms with van der Waals surface area (Å²) in [5.74, 6) is 0.148. The topological polar surface area (TPSA) is 38.3 Å². The zero-order chi connectivity index (χ0) is 11.0. The normalized spacial score (nSPS) is 12.9. The molecule has 0 radical (unpaired) electrons. The highest BCUT2D eigenvalue weighted by Gasteiger charge is 2.19. The summed E-state index contributed by atoms with van der Waals surface area (Å²) in [6.45, 7) is 4.23. The summed E-state index contributed by atoms with van der Waals surface area (Å²) < 4.78 is 16.5. The summed E-state index contributed by atoms with van der Waals surface area (Å²) in [6.07, 6.45) is 1.16. The maximum Gasteiger partial charge on any atom is 0.322 e. The molecule has 0 aromatic rings. The van der Waals surface area contributed by atoms with Crippen LogP contribution in [-0.4, -0.2) is 32.3 Å². The molecule has 0 rings (SSSR count). The first-order valence-corrected chi connectivity index (χ1v) is 4.99. The lowest BCUT2D eigenvalue weighted by Gasteiger charge is -2.17. The van der Waals surface area contributed by atoms with Gasteiger partial charge in [-0.15, -0.1) is 0 Å². The number of esters is 1. The van der Waals surface area contributed by atoms with Crippen molar-refractivity contribution < 1.29 is 13.9 Å². The number of alkyl halides is 1. The molecular formula is C10H20FNO2. The Kier molecular flexibility index (Phi) is 7.38. The molecule has 1 N–H and O–H groups in total. The van der Waals surface area contributed by atoms with Gasteiger partial charge in [-0.3, -0.25) is 9.18 Å².